The minimum absolute atomic E-state index is 0.0281. The predicted molar refractivity (Wildman–Crippen MR) is 137 cm³/mol. The summed E-state index contributed by atoms with van der Waals surface area (Å²) in [5.74, 6) is 0.810. The lowest BCUT2D eigenvalue weighted by Crippen LogP contribution is -2.67. The molecule has 3 nitrogen and oxygen atoms in total. The Morgan fingerprint density at radius 2 is 1.47 bits per heavy atom. The highest BCUT2D eigenvalue weighted by Gasteiger charge is 2.51. The van der Waals surface area contributed by atoms with E-state index in [0.717, 1.165) is 25.2 Å². The van der Waals surface area contributed by atoms with Crippen LogP contribution in [0.1, 0.15) is 73.1 Å². The van der Waals surface area contributed by atoms with Gasteiger partial charge in [-0.3, -0.25) is 4.79 Å². The number of nitrogens with one attached hydrogen (secondary N) is 1. The molecule has 0 heterocycles. The Bertz CT molecular complexity index is 799. The van der Waals surface area contributed by atoms with Gasteiger partial charge in [-0.25, -0.2) is 0 Å². The molecule has 2 aromatic carbocycles. The van der Waals surface area contributed by atoms with Crippen molar-refractivity contribution in [2.75, 3.05) is 0 Å². The van der Waals surface area contributed by atoms with Crippen LogP contribution in [0.25, 0.3) is 0 Å². The van der Waals surface area contributed by atoms with E-state index in [4.69, 9.17) is 4.43 Å². The van der Waals surface area contributed by atoms with Gasteiger partial charge >= 0.3 is 0 Å². The summed E-state index contributed by atoms with van der Waals surface area (Å²) in [6.07, 6.45) is 7.25. The summed E-state index contributed by atoms with van der Waals surface area (Å²) in [5, 5.41) is 5.78. The van der Waals surface area contributed by atoms with E-state index >= 15 is 0 Å². The smallest absolute Gasteiger partial charge is 0.261 e. The second kappa shape index (κ2) is 10.8. The Hall–Kier alpha value is -1.91. The van der Waals surface area contributed by atoms with Crippen molar-refractivity contribution in [3.63, 3.8) is 0 Å². The van der Waals surface area contributed by atoms with Gasteiger partial charge in [0, 0.05) is 19.1 Å². The molecule has 4 heteroatoms. The number of carbonyl (C=O) groups is 1. The van der Waals surface area contributed by atoms with Gasteiger partial charge in [0.05, 0.1) is 0 Å². The van der Waals surface area contributed by atoms with E-state index in [1.54, 1.807) is 6.92 Å². The fraction of sp³-hybridized carbons (Fsp3) is 0.536. The molecule has 1 amide bonds. The van der Waals surface area contributed by atoms with Gasteiger partial charge in [0.15, 0.2) is 0 Å². The maximum atomic E-state index is 11.3. The van der Waals surface area contributed by atoms with Crippen LogP contribution in [-0.4, -0.2) is 26.4 Å². The minimum Gasteiger partial charge on any atom is -0.404 e. The molecule has 0 aromatic heterocycles. The van der Waals surface area contributed by atoms with Crippen LogP contribution in [0.5, 0.6) is 0 Å². The second-order valence-corrected chi connectivity index (χ2v) is 14.9. The van der Waals surface area contributed by atoms with Crippen molar-refractivity contribution in [2.24, 2.45) is 5.92 Å². The van der Waals surface area contributed by atoms with Gasteiger partial charge in [0.25, 0.3) is 8.32 Å². The Morgan fingerprint density at radius 3 is 1.91 bits per heavy atom. The third-order valence-corrected chi connectivity index (χ3v) is 12.1. The van der Waals surface area contributed by atoms with Crippen molar-refractivity contribution in [2.45, 2.75) is 90.3 Å². The van der Waals surface area contributed by atoms with Crippen LogP contribution in [-0.2, 0) is 9.22 Å². The molecule has 32 heavy (non-hydrogen) atoms. The zero-order chi connectivity index (χ0) is 23.2. The topological polar surface area (TPSA) is 38.3 Å². The van der Waals surface area contributed by atoms with E-state index in [1.807, 2.05) is 0 Å². The highest BCUT2D eigenvalue weighted by Crippen LogP contribution is 2.40. The summed E-state index contributed by atoms with van der Waals surface area (Å²) in [7, 11) is -2.46. The fourth-order valence-electron chi connectivity index (χ4n) is 5.38. The Morgan fingerprint density at radius 1 is 0.969 bits per heavy atom. The summed E-state index contributed by atoms with van der Waals surface area (Å²) in [5.41, 5.74) is 0. The molecule has 174 valence electrons. The van der Waals surface area contributed by atoms with Crippen molar-refractivity contribution in [1.82, 2.24) is 5.32 Å². The van der Waals surface area contributed by atoms with Crippen molar-refractivity contribution >= 4 is 24.6 Å². The number of carbonyl (C=O) groups excluding carboxylic acids is 1. The lowest BCUT2D eigenvalue weighted by molar-refractivity contribution is -0.119. The molecule has 1 fully saturated rings. The number of benzene rings is 2. The van der Waals surface area contributed by atoms with Crippen LogP contribution in [0, 0.1) is 5.92 Å². The first-order valence-electron chi connectivity index (χ1n) is 12.3. The van der Waals surface area contributed by atoms with Gasteiger partial charge < -0.3 is 9.74 Å². The van der Waals surface area contributed by atoms with Gasteiger partial charge in [-0.05, 0) is 66.8 Å². The highest BCUT2D eigenvalue weighted by molar-refractivity contribution is 6.99. The van der Waals surface area contributed by atoms with E-state index < -0.39 is 8.32 Å². The predicted octanol–water partition coefficient (Wildman–Crippen LogP) is 5.43. The van der Waals surface area contributed by atoms with E-state index in [1.165, 1.54) is 29.6 Å². The second-order valence-electron chi connectivity index (χ2n) is 10.6. The summed E-state index contributed by atoms with van der Waals surface area (Å²) in [6.45, 7) is 10.8. The van der Waals surface area contributed by atoms with E-state index in [-0.39, 0.29) is 17.0 Å². The SMILES string of the molecule is CC(=O)N[C@@H](C)CC[C@H]1CC[C@H](O[Si](c2ccccc2)(c2ccccc2)C(C)(C)C)CC1. The van der Waals surface area contributed by atoms with Crippen LogP contribution in [0.3, 0.4) is 0 Å². The van der Waals surface area contributed by atoms with Crippen molar-refractivity contribution < 1.29 is 9.22 Å². The maximum Gasteiger partial charge on any atom is 0.261 e. The Balaban J connectivity index is 1.75. The van der Waals surface area contributed by atoms with Crippen LogP contribution in [0.15, 0.2) is 60.7 Å². The fourth-order valence-corrected chi connectivity index (χ4v) is 10.1. The average Bonchev–Trinajstić information content (AvgIpc) is 2.77. The summed E-state index contributed by atoms with van der Waals surface area (Å²) >= 11 is 0. The lowest BCUT2D eigenvalue weighted by atomic mass is 9.84. The molecule has 2 aromatic rings. The molecule has 0 spiro atoms. The van der Waals surface area contributed by atoms with Crippen LogP contribution in [0.2, 0.25) is 5.04 Å². The number of rotatable bonds is 8. The van der Waals surface area contributed by atoms with Gasteiger partial charge in [-0.2, -0.15) is 0 Å². The van der Waals surface area contributed by atoms with Crippen molar-refractivity contribution in [3.05, 3.63) is 60.7 Å². The Kier molecular flexibility index (Phi) is 8.35. The first-order valence-corrected chi connectivity index (χ1v) is 14.2. The van der Waals surface area contributed by atoms with Crippen molar-refractivity contribution in [1.29, 1.82) is 0 Å². The molecule has 0 unspecified atom stereocenters. The standard InChI is InChI=1S/C28H41NO2Si/c1-22(29-23(2)30)16-17-24-18-20-25(21-19-24)31-32(28(3,4)5,26-12-8-6-9-13-26)27-14-10-7-11-15-27/h6-15,22,24-25H,16-21H2,1-5H3,(H,29,30)/t22-,24-,25-/m0/s1. The zero-order valence-corrected chi connectivity index (χ0v) is 21.6. The molecule has 0 radical (unpaired) electrons. The summed E-state index contributed by atoms with van der Waals surface area (Å²) in [6, 6.07) is 22.2. The van der Waals surface area contributed by atoms with Crippen LogP contribution < -0.4 is 15.7 Å². The number of hydrogen-bond donors (Lipinski definition) is 1. The molecule has 0 saturated heterocycles. The molecule has 1 N–H and O–H groups in total. The molecule has 3 rings (SSSR count). The lowest BCUT2D eigenvalue weighted by Gasteiger charge is -2.46. The number of hydrogen-bond acceptors (Lipinski definition) is 2. The highest BCUT2D eigenvalue weighted by atomic mass is 28.4. The normalized spacial score (nSPS) is 20.5. The summed E-state index contributed by atoms with van der Waals surface area (Å²) in [4.78, 5) is 11.3. The third-order valence-electron chi connectivity index (χ3n) is 7.01. The molecule has 0 aliphatic heterocycles. The zero-order valence-electron chi connectivity index (χ0n) is 20.6. The van der Waals surface area contributed by atoms with E-state index in [0.29, 0.717) is 6.10 Å². The van der Waals surface area contributed by atoms with Gasteiger partial charge in [0.1, 0.15) is 0 Å². The molecule has 1 aliphatic rings. The minimum atomic E-state index is -2.46. The van der Waals surface area contributed by atoms with Gasteiger partial charge in [-0.1, -0.05) is 81.4 Å². The monoisotopic (exact) mass is 451 g/mol. The van der Waals surface area contributed by atoms with E-state index in [9.17, 15) is 4.79 Å². The van der Waals surface area contributed by atoms with Gasteiger partial charge in [-0.15, -0.1) is 0 Å². The molecular formula is C28H41NO2Si. The summed E-state index contributed by atoms with van der Waals surface area (Å²) < 4.78 is 7.32. The molecule has 0 bridgehead atoms. The molecular weight excluding hydrogens is 410 g/mol. The van der Waals surface area contributed by atoms with Crippen LogP contribution >= 0.6 is 0 Å². The molecule has 1 saturated carbocycles. The third kappa shape index (κ3) is 5.90. The maximum absolute atomic E-state index is 11.3. The first-order chi connectivity index (χ1) is 15.2. The van der Waals surface area contributed by atoms with Crippen LogP contribution in [0.4, 0.5) is 0 Å². The average molecular weight is 452 g/mol. The largest absolute Gasteiger partial charge is 0.404 e. The molecule has 1 atom stereocenters. The first kappa shape index (κ1) is 24.7. The van der Waals surface area contributed by atoms with E-state index in [2.05, 4.69) is 93.7 Å². The Labute approximate surface area is 196 Å². The van der Waals surface area contributed by atoms with Crippen molar-refractivity contribution in [3.8, 4) is 0 Å². The number of amides is 1. The molecule has 1 aliphatic carbocycles. The van der Waals surface area contributed by atoms with Gasteiger partial charge in [0.2, 0.25) is 5.91 Å². The quantitative estimate of drug-likeness (QED) is 0.544.